The summed E-state index contributed by atoms with van der Waals surface area (Å²) in [6.45, 7) is 5.59. The number of phenols is 1. The van der Waals surface area contributed by atoms with E-state index >= 15 is 0 Å². The molecule has 0 atom stereocenters. The van der Waals surface area contributed by atoms with E-state index < -0.39 is 0 Å². The number of carbonyl (C=O) groups excluding carboxylic acids is 1. The van der Waals surface area contributed by atoms with Crippen molar-refractivity contribution >= 4 is 5.78 Å². The minimum Gasteiger partial charge on any atom is -0.508 e. The highest BCUT2D eigenvalue weighted by molar-refractivity contribution is 5.95. The Kier molecular flexibility index (Phi) is 4.08. The van der Waals surface area contributed by atoms with E-state index in [0.717, 1.165) is 22.4 Å². The molecule has 2 aromatic carbocycles. The molecule has 0 radical (unpaired) electrons. The zero-order valence-electron chi connectivity index (χ0n) is 11.9. The largest absolute Gasteiger partial charge is 0.508 e. The molecule has 0 saturated carbocycles. The first-order valence-electron chi connectivity index (χ1n) is 6.51. The molecule has 0 fully saturated rings. The number of carbonyl (C=O) groups is 1. The summed E-state index contributed by atoms with van der Waals surface area (Å²) >= 11 is 0. The molecule has 2 aromatic rings. The summed E-state index contributed by atoms with van der Waals surface area (Å²) in [7, 11) is 0. The third-order valence-corrected chi connectivity index (χ3v) is 3.27. The van der Waals surface area contributed by atoms with Crippen LogP contribution in [0.2, 0.25) is 0 Å². The number of rotatable bonds is 4. The van der Waals surface area contributed by atoms with E-state index in [9.17, 15) is 9.90 Å². The molecule has 0 amide bonds. The van der Waals surface area contributed by atoms with E-state index in [4.69, 9.17) is 4.74 Å². The molecule has 0 unspecified atom stereocenters. The van der Waals surface area contributed by atoms with Gasteiger partial charge in [0.25, 0.3) is 0 Å². The first-order valence-corrected chi connectivity index (χ1v) is 6.51. The maximum atomic E-state index is 11.6. The summed E-state index contributed by atoms with van der Waals surface area (Å²) in [6, 6.07) is 10.9. The fraction of sp³-hybridized carbons (Fsp3) is 0.235. The first kappa shape index (κ1) is 14.1. The smallest absolute Gasteiger partial charge is 0.160 e. The Morgan fingerprint density at radius 1 is 1.15 bits per heavy atom. The van der Waals surface area contributed by atoms with Gasteiger partial charge in [-0.1, -0.05) is 24.3 Å². The summed E-state index contributed by atoms with van der Waals surface area (Å²) in [6.07, 6.45) is 0. The van der Waals surface area contributed by atoms with Gasteiger partial charge in [0, 0.05) is 11.1 Å². The van der Waals surface area contributed by atoms with Gasteiger partial charge < -0.3 is 9.84 Å². The minimum atomic E-state index is 0.0304. The monoisotopic (exact) mass is 270 g/mol. The fourth-order valence-electron chi connectivity index (χ4n) is 2.08. The lowest BCUT2D eigenvalue weighted by molar-refractivity contribution is 0.101. The van der Waals surface area contributed by atoms with Gasteiger partial charge in [-0.25, -0.2) is 0 Å². The third-order valence-electron chi connectivity index (χ3n) is 3.27. The van der Waals surface area contributed by atoms with Crippen LogP contribution in [0.15, 0.2) is 36.4 Å². The van der Waals surface area contributed by atoms with Crippen molar-refractivity contribution in [3.05, 3.63) is 58.7 Å². The summed E-state index contributed by atoms with van der Waals surface area (Å²) in [5, 5.41) is 9.63. The average Bonchev–Trinajstić information content (AvgIpc) is 2.41. The van der Waals surface area contributed by atoms with Crippen LogP contribution in [-0.4, -0.2) is 10.9 Å². The van der Waals surface area contributed by atoms with Crippen LogP contribution in [0.4, 0.5) is 0 Å². The summed E-state index contributed by atoms with van der Waals surface area (Å²) in [5.74, 6) is 1.01. The Morgan fingerprint density at radius 3 is 2.55 bits per heavy atom. The number of benzene rings is 2. The molecular formula is C17H18O3. The predicted molar refractivity (Wildman–Crippen MR) is 78.4 cm³/mol. The van der Waals surface area contributed by atoms with Crippen LogP contribution in [0.3, 0.4) is 0 Å². The minimum absolute atomic E-state index is 0.0304. The van der Waals surface area contributed by atoms with Crippen molar-refractivity contribution in [1.82, 2.24) is 0 Å². The van der Waals surface area contributed by atoms with Gasteiger partial charge in [-0.05, 0) is 44.0 Å². The average molecular weight is 270 g/mol. The highest BCUT2D eigenvalue weighted by atomic mass is 16.5. The van der Waals surface area contributed by atoms with Gasteiger partial charge in [0.1, 0.15) is 18.1 Å². The predicted octanol–water partition coefficient (Wildman–Crippen LogP) is 3.79. The molecule has 0 aliphatic heterocycles. The van der Waals surface area contributed by atoms with Gasteiger partial charge in [0.2, 0.25) is 0 Å². The normalized spacial score (nSPS) is 10.3. The second-order valence-corrected chi connectivity index (χ2v) is 4.91. The van der Waals surface area contributed by atoms with E-state index in [1.54, 1.807) is 25.1 Å². The molecule has 1 N–H and O–H groups in total. The number of hydrogen-bond acceptors (Lipinski definition) is 3. The summed E-state index contributed by atoms with van der Waals surface area (Å²) < 4.78 is 5.79. The number of hydrogen-bond donors (Lipinski definition) is 1. The molecule has 104 valence electrons. The Balaban J connectivity index is 2.21. The maximum Gasteiger partial charge on any atom is 0.160 e. The molecule has 0 aliphatic rings. The van der Waals surface area contributed by atoms with Crippen LogP contribution in [0, 0.1) is 13.8 Å². The number of aromatic hydroxyl groups is 1. The van der Waals surface area contributed by atoms with E-state index in [2.05, 4.69) is 0 Å². The standard InChI is InChI=1S/C17H18O3/c1-11-9-17(12(2)8-16(11)19)20-10-14-6-4-5-7-15(14)13(3)18/h4-9,19H,10H2,1-3H3. The lowest BCUT2D eigenvalue weighted by Gasteiger charge is -2.12. The molecule has 0 spiro atoms. The quantitative estimate of drug-likeness (QED) is 0.860. The van der Waals surface area contributed by atoms with Gasteiger partial charge in [0.05, 0.1) is 0 Å². The molecule has 20 heavy (non-hydrogen) atoms. The molecule has 0 heterocycles. The Labute approximate surface area is 118 Å². The number of ketones is 1. The van der Waals surface area contributed by atoms with Crippen molar-refractivity contribution in [3.63, 3.8) is 0 Å². The maximum absolute atomic E-state index is 11.6. The zero-order valence-corrected chi connectivity index (χ0v) is 11.9. The van der Waals surface area contributed by atoms with Gasteiger partial charge in [-0.15, -0.1) is 0 Å². The molecule has 0 aromatic heterocycles. The molecule has 3 nitrogen and oxygen atoms in total. The van der Waals surface area contributed by atoms with Gasteiger partial charge in [-0.2, -0.15) is 0 Å². The third kappa shape index (κ3) is 2.99. The van der Waals surface area contributed by atoms with Crippen molar-refractivity contribution in [2.24, 2.45) is 0 Å². The van der Waals surface area contributed by atoms with Crippen molar-refractivity contribution in [3.8, 4) is 11.5 Å². The topological polar surface area (TPSA) is 46.5 Å². The zero-order chi connectivity index (χ0) is 14.7. The van der Waals surface area contributed by atoms with Crippen LogP contribution >= 0.6 is 0 Å². The highest BCUT2D eigenvalue weighted by Crippen LogP contribution is 2.27. The van der Waals surface area contributed by atoms with Crippen LogP contribution in [0.25, 0.3) is 0 Å². The van der Waals surface area contributed by atoms with Crippen LogP contribution in [0.5, 0.6) is 11.5 Å². The molecule has 3 heteroatoms. The summed E-state index contributed by atoms with van der Waals surface area (Å²) in [4.78, 5) is 11.6. The van der Waals surface area contributed by atoms with E-state index in [0.29, 0.717) is 12.2 Å². The van der Waals surface area contributed by atoms with Crippen molar-refractivity contribution in [2.75, 3.05) is 0 Å². The Bertz CT molecular complexity index is 645. The van der Waals surface area contributed by atoms with Gasteiger partial charge >= 0.3 is 0 Å². The second kappa shape index (κ2) is 5.78. The lowest BCUT2D eigenvalue weighted by Crippen LogP contribution is -2.04. The molecule has 2 rings (SSSR count). The van der Waals surface area contributed by atoms with E-state index in [1.807, 2.05) is 32.0 Å². The van der Waals surface area contributed by atoms with E-state index in [1.165, 1.54) is 0 Å². The van der Waals surface area contributed by atoms with E-state index in [-0.39, 0.29) is 11.5 Å². The van der Waals surface area contributed by atoms with Crippen molar-refractivity contribution in [2.45, 2.75) is 27.4 Å². The van der Waals surface area contributed by atoms with Crippen LogP contribution in [-0.2, 0) is 6.61 Å². The Hall–Kier alpha value is -2.29. The number of aryl methyl sites for hydroxylation is 2. The van der Waals surface area contributed by atoms with Crippen molar-refractivity contribution in [1.29, 1.82) is 0 Å². The molecular weight excluding hydrogens is 252 g/mol. The van der Waals surface area contributed by atoms with Gasteiger partial charge in [-0.3, -0.25) is 4.79 Å². The summed E-state index contributed by atoms with van der Waals surface area (Å²) in [5.41, 5.74) is 3.18. The Morgan fingerprint density at radius 2 is 1.85 bits per heavy atom. The number of ether oxygens (including phenoxy) is 1. The fourth-order valence-corrected chi connectivity index (χ4v) is 2.08. The first-order chi connectivity index (χ1) is 9.49. The number of Topliss-reactive ketones (excluding diaryl/α,β-unsaturated/α-hetero) is 1. The lowest BCUT2D eigenvalue weighted by atomic mass is 10.1. The van der Waals surface area contributed by atoms with Gasteiger partial charge in [0.15, 0.2) is 5.78 Å². The highest BCUT2D eigenvalue weighted by Gasteiger charge is 2.09. The van der Waals surface area contributed by atoms with Crippen LogP contribution in [0.1, 0.15) is 34.0 Å². The second-order valence-electron chi connectivity index (χ2n) is 4.91. The van der Waals surface area contributed by atoms with Crippen molar-refractivity contribution < 1.29 is 14.6 Å². The molecule has 0 saturated heterocycles. The SMILES string of the molecule is CC(=O)c1ccccc1COc1cc(C)c(O)cc1C. The molecule has 0 bridgehead atoms. The number of phenolic OH excluding ortho intramolecular Hbond substituents is 1. The van der Waals surface area contributed by atoms with Crippen LogP contribution < -0.4 is 4.74 Å². The molecule has 0 aliphatic carbocycles.